The van der Waals surface area contributed by atoms with Crippen molar-refractivity contribution in [1.29, 1.82) is 0 Å². The summed E-state index contributed by atoms with van der Waals surface area (Å²) in [6.07, 6.45) is 8.99. The molecule has 0 aliphatic rings. The van der Waals surface area contributed by atoms with Crippen LogP contribution < -0.4 is 5.32 Å². The van der Waals surface area contributed by atoms with Gasteiger partial charge in [0, 0.05) is 18.4 Å². The minimum Gasteiger partial charge on any atom is -0.376 e. The van der Waals surface area contributed by atoms with E-state index in [0.29, 0.717) is 0 Å². The standard InChI is InChI=1S/C18H18N8/c1-13-9-21-25(11-13)18-7-8-19-10-17(18)22-14(2)15-3-5-16(6-4-15)26-12-20-23-24-26/h3-12,14,22H,1-2H3/t14-/m1/s1. The minimum atomic E-state index is 0.0949. The molecule has 3 heterocycles. The summed E-state index contributed by atoms with van der Waals surface area (Å²) >= 11 is 0. The second-order valence-electron chi connectivity index (χ2n) is 6.07. The summed E-state index contributed by atoms with van der Waals surface area (Å²) in [7, 11) is 0. The Morgan fingerprint density at radius 1 is 1.04 bits per heavy atom. The maximum Gasteiger partial charge on any atom is 0.143 e. The van der Waals surface area contributed by atoms with E-state index in [1.54, 1.807) is 17.2 Å². The van der Waals surface area contributed by atoms with Gasteiger partial charge in [-0.1, -0.05) is 12.1 Å². The summed E-state index contributed by atoms with van der Waals surface area (Å²) in [4.78, 5) is 4.24. The van der Waals surface area contributed by atoms with Gasteiger partial charge in [-0.15, -0.1) is 5.10 Å². The Bertz CT molecular complexity index is 988. The highest BCUT2D eigenvalue weighted by atomic mass is 15.5. The van der Waals surface area contributed by atoms with Crippen LogP contribution in [0.5, 0.6) is 0 Å². The molecule has 1 atom stereocenters. The van der Waals surface area contributed by atoms with Crippen molar-refractivity contribution in [3.05, 3.63) is 72.6 Å². The van der Waals surface area contributed by atoms with Crippen molar-refractivity contribution in [2.75, 3.05) is 5.32 Å². The van der Waals surface area contributed by atoms with Gasteiger partial charge < -0.3 is 5.32 Å². The lowest BCUT2D eigenvalue weighted by atomic mass is 10.1. The highest BCUT2D eigenvalue weighted by Crippen LogP contribution is 2.24. The average Bonchev–Trinajstić information content (AvgIpc) is 3.34. The zero-order valence-electron chi connectivity index (χ0n) is 14.5. The van der Waals surface area contributed by atoms with E-state index in [2.05, 4.69) is 50.0 Å². The molecule has 0 saturated heterocycles. The third-order valence-electron chi connectivity index (χ3n) is 4.14. The Labute approximate surface area is 150 Å². The maximum atomic E-state index is 4.39. The molecule has 26 heavy (non-hydrogen) atoms. The van der Waals surface area contributed by atoms with Gasteiger partial charge in [0.25, 0.3) is 0 Å². The summed E-state index contributed by atoms with van der Waals surface area (Å²) in [5.74, 6) is 0. The van der Waals surface area contributed by atoms with Crippen LogP contribution in [0.3, 0.4) is 0 Å². The lowest BCUT2D eigenvalue weighted by molar-refractivity contribution is 0.787. The van der Waals surface area contributed by atoms with Gasteiger partial charge in [0.2, 0.25) is 0 Å². The molecule has 0 bridgehead atoms. The normalized spacial score (nSPS) is 12.1. The molecule has 4 aromatic rings. The van der Waals surface area contributed by atoms with E-state index in [1.807, 2.05) is 48.4 Å². The van der Waals surface area contributed by atoms with Crippen LogP contribution >= 0.6 is 0 Å². The highest BCUT2D eigenvalue weighted by Gasteiger charge is 2.11. The first kappa shape index (κ1) is 15.9. The molecule has 8 heteroatoms. The molecule has 0 radical (unpaired) electrons. The van der Waals surface area contributed by atoms with Crippen LogP contribution in [-0.4, -0.2) is 35.0 Å². The van der Waals surface area contributed by atoms with Crippen molar-refractivity contribution in [3.8, 4) is 11.4 Å². The van der Waals surface area contributed by atoms with Gasteiger partial charge in [-0.2, -0.15) is 5.10 Å². The molecular weight excluding hydrogens is 328 g/mol. The molecule has 0 spiro atoms. The summed E-state index contributed by atoms with van der Waals surface area (Å²) < 4.78 is 3.48. The van der Waals surface area contributed by atoms with E-state index in [0.717, 1.165) is 28.2 Å². The molecule has 0 aliphatic carbocycles. The van der Waals surface area contributed by atoms with Gasteiger partial charge in [-0.25, -0.2) is 9.36 Å². The zero-order valence-corrected chi connectivity index (χ0v) is 14.5. The minimum absolute atomic E-state index is 0.0949. The summed E-state index contributed by atoms with van der Waals surface area (Å²) in [5.41, 5.74) is 5.06. The highest BCUT2D eigenvalue weighted by molar-refractivity contribution is 5.60. The topological polar surface area (TPSA) is 86.3 Å². The van der Waals surface area contributed by atoms with Crippen molar-refractivity contribution < 1.29 is 0 Å². The van der Waals surface area contributed by atoms with Gasteiger partial charge in [0.1, 0.15) is 6.33 Å². The van der Waals surface area contributed by atoms with Crippen molar-refractivity contribution in [1.82, 2.24) is 35.0 Å². The number of hydrogen-bond donors (Lipinski definition) is 1. The van der Waals surface area contributed by atoms with Gasteiger partial charge in [-0.05, 0) is 53.6 Å². The van der Waals surface area contributed by atoms with Crippen LogP contribution in [0.1, 0.15) is 24.1 Å². The molecule has 4 rings (SSSR count). The summed E-state index contributed by atoms with van der Waals surface area (Å²) in [6.45, 7) is 4.13. The van der Waals surface area contributed by atoms with E-state index in [9.17, 15) is 0 Å². The molecule has 1 N–H and O–H groups in total. The number of pyridine rings is 1. The third kappa shape index (κ3) is 3.16. The summed E-state index contributed by atoms with van der Waals surface area (Å²) in [6, 6.07) is 10.1. The molecule has 130 valence electrons. The number of aromatic nitrogens is 7. The second-order valence-corrected chi connectivity index (χ2v) is 6.07. The van der Waals surface area contributed by atoms with Crippen LogP contribution in [0.2, 0.25) is 0 Å². The number of nitrogens with zero attached hydrogens (tertiary/aromatic N) is 7. The number of rotatable bonds is 5. The molecule has 0 saturated carbocycles. The van der Waals surface area contributed by atoms with Crippen LogP contribution in [0.4, 0.5) is 5.69 Å². The largest absolute Gasteiger partial charge is 0.376 e. The number of aryl methyl sites for hydroxylation is 1. The first-order chi connectivity index (χ1) is 12.7. The van der Waals surface area contributed by atoms with Gasteiger partial charge in [0.05, 0.1) is 29.5 Å². The van der Waals surface area contributed by atoms with Crippen molar-refractivity contribution in [2.24, 2.45) is 0 Å². The first-order valence-corrected chi connectivity index (χ1v) is 8.26. The van der Waals surface area contributed by atoms with E-state index >= 15 is 0 Å². The fourth-order valence-electron chi connectivity index (χ4n) is 2.75. The number of anilines is 1. The van der Waals surface area contributed by atoms with E-state index in [4.69, 9.17) is 0 Å². The van der Waals surface area contributed by atoms with Crippen LogP contribution in [0.25, 0.3) is 11.4 Å². The van der Waals surface area contributed by atoms with E-state index in [1.165, 1.54) is 0 Å². The Morgan fingerprint density at radius 2 is 1.88 bits per heavy atom. The van der Waals surface area contributed by atoms with Crippen molar-refractivity contribution in [3.63, 3.8) is 0 Å². The molecule has 8 nitrogen and oxygen atoms in total. The van der Waals surface area contributed by atoms with Gasteiger partial charge in [0.15, 0.2) is 0 Å². The zero-order chi connectivity index (χ0) is 17.9. The lowest BCUT2D eigenvalue weighted by Gasteiger charge is -2.18. The molecule has 1 aromatic carbocycles. The molecule has 0 unspecified atom stereocenters. The van der Waals surface area contributed by atoms with Gasteiger partial charge in [-0.3, -0.25) is 4.98 Å². The second kappa shape index (κ2) is 6.75. The van der Waals surface area contributed by atoms with Crippen molar-refractivity contribution >= 4 is 5.69 Å². The first-order valence-electron chi connectivity index (χ1n) is 8.26. The number of nitrogens with one attached hydrogen (secondary N) is 1. The molecule has 0 aliphatic heterocycles. The van der Waals surface area contributed by atoms with Crippen LogP contribution in [0, 0.1) is 6.92 Å². The summed E-state index contributed by atoms with van der Waals surface area (Å²) in [5, 5.41) is 19.1. The Hall–Kier alpha value is -3.55. The predicted molar refractivity (Wildman–Crippen MR) is 97.3 cm³/mol. The fraction of sp³-hybridized carbons (Fsp3) is 0.167. The number of benzene rings is 1. The van der Waals surface area contributed by atoms with E-state index < -0.39 is 0 Å². The monoisotopic (exact) mass is 346 g/mol. The maximum absolute atomic E-state index is 4.39. The smallest absolute Gasteiger partial charge is 0.143 e. The van der Waals surface area contributed by atoms with Crippen molar-refractivity contribution in [2.45, 2.75) is 19.9 Å². The SMILES string of the molecule is Cc1cnn(-c2ccncc2N[C@H](C)c2ccc(-n3cnnn3)cc2)c1. The van der Waals surface area contributed by atoms with Crippen LogP contribution in [0.15, 0.2) is 61.4 Å². The van der Waals surface area contributed by atoms with E-state index in [-0.39, 0.29) is 6.04 Å². The number of tetrazole rings is 1. The molecule has 3 aromatic heterocycles. The quantitative estimate of drug-likeness (QED) is 0.598. The Balaban J connectivity index is 1.56. The predicted octanol–water partition coefficient (Wildman–Crippen LogP) is 2.72. The lowest BCUT2D eigenvalue weighted by Crippen LogP contribution is -2.10. The Morgan fingerprint density at radius 3 is 2.58 bits per heavy atom. The molecule has 0 amide bonds. The average molecular weight is 346 g/mol. The molecule has 0 fully saturated rings. The number of hydrogen-bond acceptors (Lipinski definition) is 6. The molecular formula is C18H18N8. The third-order valence-corrected chi connectivity index (χ3v) is 4.14. The fourth-order valence-corrected chi connectivity index (χ4v) is 2.75. The van der Waals surface area contributed by atoms with Gasteiger partial charge >= 0.3 is 0 Å². The van der Waals surface area contributed by atoms with Crippen LogP contribution in [-0.2, 0) is 0 Å². The Kier molecular flexibility index (Phi) is 4.14.